The summed E-state index contributed by atoms with van der Waals surface area (Å²) in [6, 6.07) is 9.29. The van der Waals surface area contributed by atoms with Gasteiger partial charge in [0.25, 0.3) is 0 Å². The molecule has 0 atom stereocenters. The Morgan fingerprint density at radius 2 is 2.23 bits per heavy atom. The van der Waals surface area contributed by atoms with Gasteiger partial charge in [0, 0.05) is 6.26 Å². The highest BCUT2D eigenvalue weighted by molar-refractivity contribution is 7.89. The Hall–Kier alpha value is -1.34. The summed E-state index contributed by atoms with van der Waals surface area (Å²) in [5.41, 5.74) is 1.03. The molecule has 1 aromatic rings. The molecule has 67 valence electrons. The summed E-state index contributed by atoms with van der Waals surface area (Å²) in [7, 11) is -3.03. The van der Waals surface area contributed by atoms with Gasteiger partial charge >= 0.3 is 0 Å². The summed E-state index contributed by atoms with van der Waals surface area (Å²) in [6.45, 7) is 0. The van der Waals surface area contributed by atoms with Crippen LogP contribution in [0.1, 0.15) is 11.1 Å². The molecule has 0 N–H and O–H groups in total. The third-order valence-electron chi connectivity index (χ3n) is 1.41. The molecule has 0 aliphatic rings. The minimum absolute atomic E-state index is 0.0426. The molecule has 0 aromatic heterocycles. The second-order valence-electron chi connectivity index (χ2n) is 2.81. The van der Waals surface area contributed by atoms with Gasteiger partial charge in [-0.2, -0.15) is 5.26 Å². The van der Waals surface area contributed by atoms with E-state index in [4.69, 9.17) is 5.26 Å². The molecule has 0 saturated carbocycles. The van der Waals surface area contributed by atoms with E-state index in [1.807, 2.05) is 6.07 Å². The lowest BCUT2D eigenvalue weighted by Crippen LogP contribution is -2.00. The predicted molar refractivity (Wildman–Crippen MR) is 48.5 cm³/mol. The standard InChI is InChI=1S/C9H8NO2S/c1-13(11,12)7-9-4-2-3-8(5-9)6-10/h3-5H,7H2,1H3. The van der Waals surface area contributed by atoms with Crippen LogP contribution in [0.2, 0.25) is 0 Å². The molecule has 0 aliphatic heterocycles. The van der Waals surface area contributed by atoms with Gasteiger partial charge in [0.05, 0.1) is 17.4 Å². The van der Waals surface area contributed by atoms with Crippen molar-refractivity contribution in [3.63, 3.8) is 0 Å². The van der Waals surface area contributed by atoms with Gasteiger partial charge in [-0.15, -0.1) is 0 Å². The van der Waals surface area contributed by atoms with Crippen LogP contribution in [0.5, 0.6) is 0 Å². The average Bonchev–Trinajstić information content (AvgIpc) is 2.01. The smallest absolute Gasteiger partial charge is 0.151 e. The molecule has 1 rings (SSSR count). The summed E-state index contributed by atoms with van der Waals surface area (Å²) in [5, 5.41) is 8.54. The molecule has 1 aromatic carbocycles. The zero-order valence-corrected chi connectivity index (χ0v) is 7.93. The summed E-state index contributed by atoms with van der Waals surface area (Å²) >= 11 is 0. The highest BCUT2D eigenvalue weighted by Gasteiger charge is 2.04. The fraction of sp³-hybridized carbons (Fsp3) is 0.222. The second kappa shape index (κ2) is 3.58. The van der Waals surface area contributed by atoms with E-state index in [1.165, 1.54) is 6.07 Å². The van der Waals surface area contributed by atoms with Crippen LogP contribution in [0.25, 0.3) is 0 Å². The van der Waals surface area contributed by atoms with Crippen molar-refractivity contribution in [3.05, 3.63) is 35.4 Å². The lowest BCUT2D eigenvalue weighted by Gasteiger charge is -1.98. The first-order chi connectivity index (χ1) is 6.01. The van der Waals surface area contributed by atoms with Gasteiger partial charge < -0.3 is 0 Å². The van der Waals surface area contributed by atoms with E-state index < -0.39 is 9.84 Å². The highest BCUT2D eigenvalue weighted by atomic mass is 32.2. The first-order valence-electron chi connectivity index (χ1n) is 3.59. The van der Waals surface area contributed by atoms with Crippen molar-refractivity contribution in [2.24, 2.45) is 0 Å². The van der Waals surface area contributed by atoms with E-state index in [9.17, 15) is 8.42 Å². The van der Waals surface area contributed by atoms with Crippen LogP contribution < -0.4 is 0 Å². The maximum absolute atomic E-state index is 10.9. The lowest BCUT2D eigenvalue weighted by atomic mass is 10.2. The largest absolute Gasteiger partial charge is 0.229 e. The molecule has 0 spiro atoms. The zero-order valence-electron chi connectivity index (χ0n) is 7.11. The minimum atomic E-state index is -3.03. The van der Waals surface area contributed by atoms with Crippen molar-refractivity contribution >= 4 is 9.84 Å². The molecule has 13 heavy (non-hydrogen) atoms. The molecule has 0 fully saturated rings. The number of rotatable bonds is 2. The van der Waals surface area contributed by atoms with Gasteiger partial charge in [-0.05, 0) is 23.8 Å². The number of sulfone groups is 1. The molecule has 0 aliphatic carbocycles. The molecule has 0 saturated heterocycles. The Balaban J connectivity index is 2.99. The molecule has 3 nitrogen and oxygen atoms in total. The van der Waals surface area contributed by atoms with Crippen molar-refractivity contribution in [2.75, 3.05) is 6.26 Å². The summed E-state index contributed by atoms with van der Waals surface area (Å²) in [5.74, 6) is -0.0426. The molecule has 0 unspecified atom stereocenters. The van der Waals surface area contributed by atoms with E-state index in [-0.39, 0.29) is 5.75 Å². The van der Waals surface area contributed by atoms with Crippen LogP contribution >= 0.6 is 0 Å². The maximum Gasteiger partial charge on any atom is 0.151 e. The minimum Gasteiger partial charge on any atom is -0.229 e. The van der Waals surface area contributed by atoms with Crippen LogP contribution in [-0.2, 0) is 15.6 Å². The molecular weight excluding hydrogens is 186 g/mol. The van der Waals surface area contributed by atoms with Crippen LogP contribution in [0.15, 0.2) is 18.2 Å². The van der Waals surface area contributed by atoms with Gasteiger partial charge in [0.2, 0.25) is 0 Å². The van der Waals surface area contributed by atoms with E-state index in [0.29, 0.717) is 11.1 Å². The summed E-state index contributed by atoms with van der Waals surface area (Å²) < 4.78 is 21.8. The molecule has 0 amide bonds. The van der Waals surface area contributed by atoms with Crippen molar-refractivity contribution in [1.82, 2.24) is 0 Å². The molecular formula is C9H8NO2S. The fourth-order valence-electron chi connectivity index (χ4n) is 0.972. The van der Waals surface area contributed by atoms with E-state index >= 15 is 0 Å². The number of hydrogen-bond acceptors (Lipinski definition) is 3. The first-order valence-corrected chi connectivity index (χ1v) is 5.65. The van der Waals surface area contributed by atoms with Crippen molar-refractivity contribution < 1.29 is 8.42 Å². The number of nitriles is 1. The van der Waals surface area contributed by atoms with Crippen molar-refractivity contribution in [2.45, 2.75) is 5.75 Å². The zero-order chi connectivity index (χ0) is 9.90. The third-order valence-corrected chi connectivity index (χ3v) is 2.26. The first kappa shape index (κ1) is 9.75. The van der Waals surface area contributed by atoms with Gasteiger partial charge in [-0.25, -0.2) is 8.42 Å². The predicted octanol–water partition coefficient (Wildman–Crippen LogP) is 0.903. The normalized spacial score (nSPS) is 10.8. The van der Waals surface area contributed by atoms with Crippen molar-refractivity contribution in [3.8, 4) is 6.07 Å². The van der Waals surface area contributed by atoms with Crippen LogP contribution in [0.4, 0.5) is 0 Å². The Morgan fingerprint density at radius 3 is 2.77 bits per heavy atom. The summed E-state index contributed by atoms with van der Waals surface area (Å²) in [4.78, 5) is 0. The Kier molecular flexibility index (Phi) is 2.69. The van der Waals surface area contributed by atoms with Crippen LogP contribution in [-0.4, -0.2) is 14.7 Å². The van der Waals surface area contributed by atoms with Gasteiger partial charge in [0.1, 0.15) is 0 Å². The third kappa shape index (κ3) is 3.26. The average molecular weight is 194 g/mol. The summed E-state index contributed by atoms with van der Waals surface area (Å²) in [6.07, 6.45) is 1.16. The van der Waals surface area contributed by atoms with Crippen molar-refractivity contribution in [1.29, 1.82) is 5.26 Å². The number of nitrogens with zero attached hydrogens (tertiary/aromatic N) is 1. The van der Waals surface area contributed by atoms with Crippen LogP contribution in [0.3, 0.4) is 0 Å². The lowest BCUT2D eigenvalue weighted by molar-refractivity contribution is 0.601. The number of benzene rings is 1. The maximum atomic E-state index is 10.9. The topological polar surface area (TPSA) is 57.9 Å². The Bertz CT molecular complexity index is 443. The number of hydrogen-bond donors (Lipinski definition) is 0. The Labute approximate surface area is 77.5 Å². The van der Waals surface area contributed by atoms with E-state index in [0.717, 1.165) is 6.26 Å². The van der Waals surface area contributed by atoms with Gasteiger partial charge in [-0.1, -0.05) is 6.07 Å². The highest BCUT2D eigenvalue weighted by Crippen LogP contribution is 2.06. The molecule has 0 bridgehead atoms. The SMILES string of the molecule is CS(=O)(=O)Cc1c[c]cc(C#N)c1. The van der Waals surface area contributed by atoms with Crippen LogP contribution in [0, 0.1) is 17.4 Å². The molecule has 4 heteroatoms. The second-order valence-corrected chi connectivity index (χ2v) is 4.95. The van der Waals surface area contributed by atoms with Gasteiger partial charge in [-0.3, -0.25) is 0 Å². The van der Waals surface area contributed by atoms with E-state index in [1.54, 1.807) is 12.1 Å². The Morgan fingerprint density at radius 1 is 1.54 bits per heavy atom. The van der Waals surface area contributed by atoms with E-state index in [2.05, 4.69) is 6.07 Å². The monoisotopic (exact) mass is 194 g/mol. The quantitative estimate of drug-likeness (QED) is 0.703. The molecule has 1 radical (unpaired) electrons. The molecule has 0 heterocycles. The van der Waals surface area contributed by atoms with Gasteiger partial charge in [0.15, 0.2) is 9.84 Å². The fourth-order valence-corrected chi connectivity index (χ4v) is 1.74.